The van der Waals surface area contributed by atoms with E-state index in [1.807, 2.05) is 0 Å². The minimum atomic E-state index is -4.42. The number of hydrogen-bond donors (Lipinski definition) is 0. The maximum atomic E-state index is 13.1. The molecule has 0 aliphatic carbocycles. The Kier molecular flexibility index (Phi) is 8.35. The topological polar surface area (TPSA) is 65.1 Å². The number of para-hydroxylation sites is 2. The molecule has 3 rings (SSSR count). The summed E-state index contributed by atoms with van der Waals surface area (Å²) in [5.74, 6) is 0.360. The number of nitrogens with zero attached hydrogens (tertiary/aromatic N) is 1. The molecule has 0 bridgehead atoms. The molecule has 6 nitrogen and oxygen atoms in total. The van der Waals surface area contributed by atoms with Gasteiger partial charge in [-0.2, -0.15) is 13.2 Å². The maximum Gasteiger partial charge on any atom is 0.390 e. The van der Waals surface area contributed by atoms with Gasteiger partial charge in [0, 0.05) is 18.7 Å². The van der Waals surface area contributed by atoms with Gasteiger partial charge in [-0.3, -0.25) is 4.79 Å². The zero-order valence-corrected chi connectivity index (χ0v) is 19.2. The summed E-state index contributed by atoms with van der Waals surface area (Å²) in [5.41, 5.74) is 1.09. The molecule has 3 aromatic rings. The second kappa shape index (κ2) is 11.4. The number of methoxy groups -OCH3 is 2. The van der Waals surface area contributed by atoms with Crippen LogP contribution in [0.3, 0.4) is 0 Å². The summed E-state index contributed by atoms with van der Waals surface area (Å²) in [7, 11) is 2.77. The zero-order valence-electron chi connectivity index (χ0n) is 19.2. The number of halogens is 3. The lowest BCUT2D eigenvalue weighted by atomic mass is 10.1. The molecular formula is C26H24F3NO5. The fourth-order valence-electron chi connectivity index (χ4n) is 3.28. The van der Waals surface area contributed by atoms with Crippen molar-refractivity contribution in [1.29, 1.82) is 0 Å². The second-order valence-electron chi connectivity index (χ2n) is 7.56. The maximum absolute atomic E-state index is 13.1. The molecule has 0 saturated carbocycles. The fraction of sp³-hybridized carbons (Fsp3) is 0.231. The Balaban J connectivity index is 1.76. The van der Waals surface area contributed by atoms with Gasteiger partial charge in [0.25, 0.3) is 5.91 Å². The van der Waals surface area contributed by atoms with E-state index in [-0.39, 0.29) is 12.1 Å². The highest BCUT2D eigenvalue weighted by Crippen LogP contribution is 2.31. The summed E-state index contributed by atoms with van der Waals surface area (Å²) in [6, 6.07) is 19.3. The van der Waals surface area contributed by atoms with Crippen molar-refractivity contribution in [3.05, 3.63) is 89.5 Å². The average molecular weight is 487 g/mol. The zero-order chi connectivity index (χ0) is 25.4. The van der Waals surface area contributed by atoms with Crippen LogP contribution in [0, 0.1) is 0 Å². The molecule has 184 valence electrons. The van der Waals surface area contributed by atoms with Crippen LogP contribution in [0.25, 0.3) is 0 Å². The highest BCUT2D eigenvalue weighted by molar-refractivity contribution is 5.94. The third-order valence-corrected chi connectivity index (χ3v) is 5.10. The van der Waals surface area contributed by atoms with E-state index in [4.69, 9.17) is 9.47 Å². The summed E-state index contributed by atoms with van der Waals surface area (Å²) in [4.78, 5) is 25.8. The summed E-state index contributed by atoms with van der Waals surface area (Å²) >= 11 is 0. The lowest BCUT2D eigenvalue weighted by Crippen LogP contribution is -2.33. The van der Waals surface area contributed by atoms with Crippen LogP contribution in [0.15, 0.2) is 72.8 Å². The largest absolute Gasteiger partial charge is 0.493 e. The van der Waals surface area contributed by atoms with Gasteiger partial charge in [0.05, 0.1) is 26.2 Å². The van der Waals surface area contributed by atoms with Gasteiger partial charge in [-0.05, 0) is 54.1 Å². The molecule has 0 atom stereocenters. The van der Waals surface area contributed by atoms with Crippen LogP contribution in [0.1, 0.15) is 32.7 Å². The summed E-state index contributed by atoms with van der Waals surface area (Å²) in [6.45, 7) is -0.573. The van der Waals surface area contributed by atoms with E-state index in [0.717, 1.165) is 4.90 Å². The highest BCUT2D eigenvalue weighted by Gasteiger charge is 2.29. The smallest absolute Gasteiger partial charge is 0.390 e. The van der Waals surface area contributed by atoms with Gasteiger partial charge < -0.3 is 19.1 Å². The highest BCUT2D eigenvalue weighted by atomic mass is 19.4. The van der Waals surface area contributed by atoms with Gasteiger partial charge in [0.15, 0.2) is 11.5 Å². The number of carbonyl (C=O) groups excluding carboxylic acids is 2. The molecule has 1 amide bonds. The van der Waals surface area contributed by atoms with Crippen LogP contribution < -0.4 is 9.47 Å². The number of esters is 1. The molecule has 9 heteroatoms. The molecule has 3 aromatic carbocycles. The lowest BCUT2D eigenvalue weighted by Gasteiger charge is -2.24. The monoisotopic (exact) mass is 487 g/mol. The Hall–Kier alpha value is -4.01. The van der Waals surface area contributed by atoms with Crippen molar-refractivity contribution in [2.45, 2.75) is 19.1 Å². The standard InChI is InChI=1S/C26H24F3NO5/c1-33-22-5-3-4-6-23(22)35-21-13-11-19(12-14-21)24(31)30(16-15-26(27,28)29)17-18-7-9-20(10-8-18)25(32)34-2/h3-14H,15-17H2,1-2H3. The molecule has 0 N–H and O–H groups in total. The molecule has 0 spiro atoms. The predicted molar refractivity (Wildman–Crippen MR) is 123 cm³/mol. The molecule has 0 aromatic heterocycles. The molecule has 0 saturated heterocycles. The van der Waals surface area contributed by atoms with Gasteiger partial charge in [0.2, 0.25) is 0 Å². The van der Waals surface area contributed by atoms with Crippen LogP contribution in [0.4, 0.5) is 13.2 Å². The Morgan fingerprint density at radius 2 is 1.43 bits per heavy atom. The van der Waals surface area contributed by atoms with Crippen molar-refractivity contribution in [3.63, 3.8) is 0 Å². The Bertz CT molecular complexity index is 1140. The minimum absolute atomic E-state index is 0.0597. The number of benzene rings is 3. The predicted octanol–water partition coefficient (Wildman–Crippen LogP) is 5.87. The summed E-state index contributed by atoms with van der Waals surface area (Å²) in [5, 5.41) is 0. The number of amides is 1. The van der Waals surface area contributed by atoms with Gasteiger partial charge in [-0.25, -0.2) is 4.79 Å². The number of hydrogen-bond acceptors (Lipinski definition) is 5. The van der Waals surface area contributed by atoms with E-state index in [1.54, 1.807) is 48.5 Å². The van der Waals surface area contributed by atoms with E-state index >= 15 is 0 Å². The van der Waals surface area contributed by atoms with Crippen LogP contribution in [-0.4, -0.2) is 43.7 Å². The first-order chi connectivity index (χ1) is 16.7. The molecule has 0 unspecified atom stereocenters. The first-order valence-electron chi connectivity index (χ1n) is 10.6. The van der Waals surface area contributed by atoms with E-state index < -0.39 is 31.0 Å². The van der Waals surface area contributed by atoms with Crippen molar-refractivity contribution in [2.75, 3.05) is 20.8 Å². The SMILES string of the molecule is COC(=O)c1ccc(CN(CCC(F)(F)F)C(=O)c2ccc(Oc3ccccc3OC)cc2)cc1. The van der Waals surface area contributed by atoms with Gasteiger partial charge in [-0.15, -0.1) is 0 Å². The van der Waals surface area contributed by atoms with Gasteiger partial charge >= 0.3 is 12.1 Å². The van der Waals surface area contributed by atoms with E-state index in [9.17, 15) is 22.8 Å². The Morgan fingerprint density at radius 3 is 2.00 bits per heavy atom. The van der Waals surface area contributed by atoms with Crippen LogP contribution in [0.2, 0.25) is 0 Å². The lowest BCUT2D eigenvalue weighted by molar-refractivity contribution is -0.136. The third-order valence-electron chi connectivity index (χ3n) is 5.10. The van der Waals surface area contributed by atoms with Gasteiger partial charge in [0.1, 0.15) is 5.75 Å². The number of rotatable bonds is 9. The Morgan fingerprint density at radius 1 is 0.829 bits per heavy atom. The summed E-state index contributed by atoms with van der Waals surface area (Å²) in [6.07, 6.45) is -5.56. The first-order valence-corrected chi connectivity index (χ1v) is 10.6. The van der Waals surface area contributed by atoms with E-state index in [2.05, 4.69) is 4.74 Å². The average Bonchev–Trinajstić information content (AvgIpc) is 2.86. The molecule has 0 fully saturated rings. The van der Waals surface area contributed by atoms with E-state index in [0.29, 0.717) is 28.4 Å². The number of ether oxygens (including phenoxy) is 3. The van der Waals surface area contributed by atoms with Crippen LogP contribution >= 0.6 is 0 Å². The molecule has 0 aliphatic heterocycles. The second-order valence-corrected chi connectivity index (χ2v) is 7.56. The van der Waals surface area contributed by atoms with Gasteiger partial charge in [-0.1, -0.05) is 24.3 Å². The number of alkyl halides is 3. The normalized spacial score (nSPS) is 11.0. The summed E-state index contributed by atoms with van der Waals surface area (Å²) < 4.78 is 54.4. The van der Waals surface area contributed by atoms with Crippen molar-refractivity contribution < 1.29 is 37.0 Å². The molecule has 0 radical (unpaired) electrons. The minimum Gasteiger partial charge on any atom is -0.493 e. The molecule has 0 heterocycles. The van der Waals surface area contributed by atoms with Crippen molar-refractivity contribution in [1.82, 2.24) is 4.90 Å². The van der Waals surface area contributed by atoms with Crippen molar-refractivity contribution >= 4 is 11.9 Å². The first kappa shape index (κ1) is 25.6. The molecule has 0 aliphatic rings. The van der Waals surface area contributed by atoms with Crippen LogP contribution in [-0.2, 0) is 11.3 Å². The van der Waals surface area contributed by atoms with Crippen molar-refractivity contribution in [3.8, 4) is 17.2 Å². The molecule has 35 heavy (non-hydrogen) atoms. The Labute approximate surface area is 200 Å². The van der Waals surface area contributed by atoms with E-state index in [1.165, 1.54) is 38.5 Å². The van der Waals surface area contributed by atoms with Crippen molar-refractivity contribution in [2.24, 2.45) is 0 Å². The fourth-order valence-corrected chi connectivity index (χ4v) is 3.28. The third kappa shape index (κ3) is 7.23. The number of carbonyl (C=O) groups is 2. The molecular weight excluding hydrogens is 463 g/mol. The van der Waals surface area contributed by atoms with Crippen LogP contribution in [0.5, 0.6) is 17.2 Å². The quantitative estimate of drug-likeness (QED) is 0.353.